The number of aromatic nitrogens is 1. The number of nitrogens with two attached hydrogens (primary N) is 1. The quantitative estimate of drug-likeness (QED) is 0.866. The van der Waals surface area contributed by atoms with Crippen LogP contribution in [0, 0.1) is 12.7 Å². The minimum Gasteiger partial charge on any atom is -0.367 e. The Morgan fingerprint density at radius 3 is 2.73 bits per heavy atom. The molecule has 15 heavy (non-hydrogen) atoms. The second kappa shape index (κ2) is 3.66. The van der Waals surface area contributed by atoms with Crippen LogP contribution in [0.3, 0.4) is 0 Å². The summed E-state index contributed by atoms with van der Waals surface area (Å²) in [7, 11) is 0. The zero-order chi connectivity index (χ0) is 11.0. The molecule has 0 radical (unpaired) electrons. The summed E-state index contributed by atoms with van der Waals surface area (Å²) in [6.45, 7) is 1.74. The van der Waals surface area contributed by atoms with E-state index in [2.05, 4.69) is 21.1 Å². The fourth-order valence-electron chi connectivity index (χ4n) is 1.28. The van der Waals surface area contributed by atoms with Crippen molar-refractivity contribution in [2.75, 3.05) is 5.73 Å². The Kier molecular flexibility index (Phi) is 2.48. The number of hydrogen-bond acceptors (Lipinski definition) is 3. The van der Waals surface area contributed by atoms with Crippen LogP contribution in [0.15, 0.2) is 27.2 Å². The number of halogens is 2. The summed E-state index contributed by atoms with van der Waals surface area (Å²) in [6, 6.07) is 4.74. The lowest BCUT2D eigenvalue weighted by atomic mass is 10.1. The van der Waals surface area contributed by atoms with Gasteiger partial charge in [-0.05, 0) is 25.1 Å². The molecule has 3 nitrogen and oxygen atoms in total. The zero-order valence-corrected chi connectivity index (χ0v) is 9.51. The summed E-state index contributed by atoms with van der Waals surface area (Å²) in [5, 5.41) is 3.72. The minimum absolute atomic E-state index is 0.215. The first-order valence-electron chi connectivity index (χ1n) is 4.26. The Balaban J connectivity index is 2.59. The highest BCUT2D eigenvalue weighted by Crippen LogP contribution is 2.29. The lowest BCUT2D eigenvalue weighted by Crippen LogP contribution is -1.88. The van der Waals surface area contributed by atoms with Crippen LogP contribution in [0.2, 0.25) is 0 Å². The van der Waals surface area contributed by atoms with E-state index in [0.717, 1.165) is 0 Å². The van der Waals surface area contributed by atoms with Gasteiger partial charge >= 0.3 is 0 Å². The summed E-state index contributed by atoms with van der Waals surface area (Å²) < 4.78 is 19.0. The number of benzene rings is 1. The van der Waals surface area contributed by atoms with Crippen molar-refractivity contribution in [3.63, 3.8) is 0 Å². The van der Waals surface area contributed by atoms with Gasteiger partial charge in [-0.15, -0.1) is 0 Å². The maximum absolute atomic E-state index is 13.6. The van der Waals surface area contributed by atoms with Crippen molar-refractivity contribution < 1.29 is 8.91 Å². The lowest BCUT2D eigenvalue weighted by Gasteiger charge is -2.00. The predicted molar refractivity (Wildman–Crippen MR) is 58.7 cm³/mol. The molecule has 2 aromatic rings. The summed E-state index contributed by atoms with van der Waals surface area (Å²) in [5.74, 6) is -0.145. The Morgan fingerprint density at radius 1 is 1.47 bits per heavy atom. The molecule has 0 bridgehead atoms. The van der Waals surface area contributed by atoms with Crippen LogP contribution in [-0.2, 0) is 0 Å². The van der Waals surface area contributed by atoms with Gasteiger partial charge in [-0.25, -0.2) is 4.39 Å². The summed E-state index contributed by atoms with van der Waals surface area (Å²) in [6.07, 6.45) is 0. The number of nitrogen functional groups attached to an aromatic ring is 1. The Hall–Kier alpha value is -1.36. The minimum atomic E-state index is -0.360. The normalized spacial score (nSPS) is 10.6. The van der Waals surface area contributed by atoms with E-state index in [4.69, 9.17) is 10.3 Å². The maximum Gasteiger partial charge on any atom is 0.225 e. The molecule has 0 saturated heterocycles. The molecule has 0 aliphatic heterocycles. The van der Waals surface area contributed by atoms with Gasteiger partial charge in [0.15, 0.2) is 0 Å². The van der Waals surface area contributed by atoms with Crippen molar-refractivity contribution in [3.05, 3.63) is 34.1 Å². The number of hydrogen-bond donors (Lipinski definition) is 1. The van der Waals surface area contributed by atoms with Crippen molar-refractivity contribution in [2.24, 2.45) is 0 Å². The maximum atomic E-state index is 13.6. The van der Waals surface area contributed by atoms with Crippen LogP contribution in [0.25, 0.3) is 11.3 Å². The molecule has 2 N–H and O–H groups in total. The van der Waals surface area contributed by atoms with Crippen molar-refractivity contribution in [3.8, 4) is 11.3 Å². The van der Waals surface area contributed by atoms with Gasteiger partial charge in [0.05, 0.1) is 0 Å². The second-order valence-corrected chi connectivity index (χ2v) is 4.06. The van der Waals surface area contributed by atoms with Crippen LogP contribution in [0.5, 0.6) is 0 Å². The lowest BCUT2D eigenvalue weighted by molar-refractivity contribution is 0.438. The first-order chi connectivity index (χ1) is 7.09. The summed E-state index contributed by atoms with van der Waals surface area (Å²) in [5.41, 5.74) is 6.97. The number of nitrogens with zero attached hydrogens (tertiary/aromatic N) is 1. The van der Waals surface area contributed by atoms with Gasteiger partial charge in [-0.2, -0.15) is 0 Å². The summed E-state index contributed by atoms with van der Waals surface area (Å²) in [4.78, 5) is 0. The molecule has 1 heterocycles. The van der Waals surface area contributed by atoms with E-state index in [1.54, 1.807) is 19.1 Å². The largest absolute Gasteiger partial charge is 0.367 e. The second-order valence-electron chi connectivity index (χ2n) is 3.14. The number of anilines is 1. The van der Waals surface area contributed by atoms with Crippen molar-refractivity contribution >= 4 is 21.8 Å². The van der Waals surface area contributed by atoms with E-state index in [0.29, 0.717) is 21.3 Å². The molecular formula is C10H8BrFN2O. The van der Waals surface area contributed by atoms with E-state index < -0.39 is 0 Å². The molecule has 0 aliphatic carbocycles. The van der Waals surface area contributed by atoms with E-state index in [-0.39, 0.29) is 11.7 Å². The fraction of sp³-hybridized carbons (Fsp3) is 0.100. The highest BCUT2D eigenvalue weighted by atomic mass is 79.9. The van der Waals surface area contributed by atoms with E-state index >= 15 is 0 Å². The van der Waals surface area contributed by atoms with Gasteiger partial charge in [0.1, 0.15) is 11.5 Å². The van der Waals surface area contributed by atoms with E-state index in [9.17, 15) is 4.39 Å². The predicted octanol–water partition coefficient (Wildman–Crippen LogP) is 3.13. The first-order valence-corrected chi connectivity index (χ1v) is 5.06. The average Bonchev–Trinajstić information content (AvgIpc) is 2.49. The molecule has 0 saturated carbocycles. The number of rotatable bonds is 1. The van der Waals surface area contributed by atoms with Gasteiger partial charge in [-0.3, -0.25) is 0 Å². The standard InChI is InChI=1S/C10H8BrFN2O/c1-5-9(14-15-10(5)13)7-3-2-6(11)4-8(7)12/h2-4H,13H2,1H3. The van der Waals surface area contributed by atoms with Gasteiger partial charge in [-0.1, -0.05) is 21.1 Å². The highest BCUT2D eigenvalue weighted by molar-refractivity contribution is 9.10. The third-order valence-electron chi connectivity index (χ3n) is 2.15. The molecule has 2 rings (SSSR count). The third-order valence-corrected chi connectivity index (χ3v) is 2.64. The molecule has 0 fully saturated rings. The van der Waals surface area contributed by atoms with E-state index in [1.807, 2.05) is 0 Å². The molecule has 0 spiro atoms. The van der Waals surface area contributed by atoms with Gasteiger partial charge in [0, 0.05) is 15.6 Å². The third kappa shape index (κ3) is 1.74. The zero-order valence-electron chi connectivity index (χ0n) is 7.92. The molecule has 1 aromatic heterocycles. The van der Waals surface area contributed by atoms with Crippen LogP contribution < -0.4 is 5.73 Å². The Morgan fingerprint density at radius 2 is 2.20 bits per heavy atom. The van der Waals surface area contributed by atoms with Crippen LogP contribution in [-0.4, -0.2) is 5.16 Å². The highest BCUT2D eigenvalue weighted by Gasteiger charge is 2.14. The van der Waals surface area contributed by atoms with Crippen molar-refractivity contribution in [2.45, 2.75) is 6.92 Å². The van der Waals surface area contributed by atoms with Gasteiger partial charge in [0.2, 0.25) is 5.88 Å². The smallest absolute Gasteiger partial charge is 0.225 e. The van der Waals surface area contributed by atoms with Gasteiger partial charge < -0.3 is 10.3 Å². The molecule has 78 valence electrons. The van der Waals surface area contributed by atoms with Crippen LogP contribution >= 0.6 is 15.9 Å². The topological polar surface area (TPSA) is 52.0 Å². The molecule has 0 atom stereocenters. The van der Waals surface area contributed by atoms with Crippen molar-refractivity contribution in [1.29, 1.82) is 0 Å². The molecule has 0 amide bonds. The fourth-order valence-corrected chi connectivity index (χ4v) is 1.61. The molecule has 5 heteroatoms. The van der Waals surface area contributed by atoms with Gasteiger partial charge in [0.25, 0.3) is 0 Å². The molecule has 0 aliphatic rings. The van der Waals surface area contributed by atoms with E-state index in [1.165, 1.54) is 6.07 Å². The first kappa shape index (κ1) is 10.2. The average molecular weight is 271 g/mol. The van der Waals surface area contributed by atoms with Crippen LogP contribution in [0.1, 0.15) is 5.56 Å². The Labute approximate surface area is 94.2 Å². The SMILES string of the molecule is Cc1c(-c2ccc(Br)cc2F)noc1N. The molecule has 0 unspecified atom stereocenters. The Bertz CT molecular complexity index is 510. The summed E-state index contributed by atoms with van der Waals surface area (Å²) >= 11 is 3.18. The van der Waals surface area contributed by atoms with Crippen molar-refractivity contribution in [1.82, 2.24) is 5.16 Å². The molecule has 1 aromatic carbocycles. The van der Waals surface area contributed by atoms with Crippen LogP contribution in [0.4, 0.5) is 10.3 Å². The molecular weight excluding hydrogens is 263 g/mol. The monoisotopic (exact) mass is 270 g/mol.